The molecule has 0 aliphatic rings. The fourth-order valence-electron chi connectivity index (χ4n) is 2.23. The molecule has 0 aliphatic carbocycles. The van der Waals surface area contributed by atoms with Crippen molar-refractivity contribution >= 4 is 34.5 Å². The number of aromatic nitrogens is 2. The summed E-state index contributed by atoms with van der Waals surface area (Å²) < 4.78 is 2.26. The maximum absolute atomic E-state index is 12.2. The summed E-state index contributed by atoms with van der Waals surface area (Å²) in [5.74, 6) is -2.95. The Morgan fingerprint density at radius 1 is 1.29 bits per heavy atom. The van der Waals surface area contributed by atoms with Gasteiger partial charge in [-0.05, 0) is 53.3 Å². The van der Waals surface area contributed by atoms with Crippen LogP contribution < -0.4 is 61.9 Å². The van der Waals surface area contributed by atoms with Gasteiger partial charge in [0.1, 0.15) is 0 Å². The van der Waals surface area contributed by atoms with Gasteiger partial charge < -0.3 is 15.0 Å². The normalized spacial score (nSPS) is 10.1. The number of carbonyl (C=O) groups is 2. The van der Waals surface area contributed by atoms with Crippen LogP contribution >= 0.6 is 22.6 Å². The van der Waals surface area contributed by atoms with Crippen LogP contribution in [0.2, 0.25) is 0 Å². The molecule has 1 N–H and O–H groups in total. The van der Waals surface area contributed by atoms with Crippen LogP contribution in [-0.4, -0.2) is 26.8 Å². The van der Waals surface area contributed by atoms with E-state index < -0.39 is 29.5 Å². The number of carbonyl (C=O) groups excluding carboxylic acids is 1. The summed E-state index contributed by atoms with van der Waals surface area (Å²) in [5, 5.41) is 24.0. The molecule has 0 saturated heterocycles. The summed E-state index contributed by atoms with van der Waals surface area (Å²) in [6, 6.07) is 7.01. The van der Waals surface area contributed by atoms with Crippen LogP contribution in [0.5, 0.6) is 0 Å². The number of aromatic carboxylic acids is 1. The third kappa shape index (κ3) is 4.73. The van der Waals surface area contributed by atoms with Crippen molar-refractivity contribution in [1.29, 1.82) is 0 Å². The van der Waals surface area contributed by atoms with Crippen molar-refractivity contribution in [3.8, 4) is 5.69 Å². The second-order valence-electron chi connectivity index (χ2n) is 4.70. The smallest absolute Gasteiger partial charge is 0.543 e. The first kappa shape index (κ1) is 21.4. The number of hydrogen-bond donors (Lipinski definition) is 1. The molecule has 1 aromatic heterocycles. The molecule has 0 saturated carbocycles. The quantitative estimate of drug-likeness (QED) is 0.382. The number of benzene rings is 1. The van der Waals surface area contributed by atoms with E-state index in [2.05, 4.69) is 27.7 Å². The summed E-state index contributed by atoms with van der Waals surface area (Å²) in [4.78, 5) is 34.4. The Kier molecular flexibility index (Phi) is 8.22. The average Bonchev–Trinajstić information content (AvgIpc) is 2.49. The maximum Gasteiger partial charge on any atom is 1.00 e. The topological polar surface area (TPSA) is 112 Å². The van der Waals surface area contributed by atoms with Crippen LogP contribution in [0.25, 0.3) is 5.69 Å². The number of hydrogen-bond acceptors (Lipinski definition) is 5. The Morgan fingerprint density at radius 3 is 2.33 bits per heavy atom. The fourth-order valence-corrected chi connectivity index (χ4v) is 2.59. The monoisotopic (exact) mass is 466 g/mol. The first-order valence-corrected chi connectivity index (χ1v) is 7.77. The van der Waals surface area contributed by atoms with Crippen LogP contribution in [-0.2, 0) is 17.6 Å². The molecule has 7 nitrogen and oxygen atoms in total. The van der Waals surface area contributed by atoms with E-state index in [0.717, 1.165) is 3.57 Å². The molecule has 1 heterocycles. The maximum atomic E-state index is 12.2. The Balaban J connectivity index is 0.00000288. The molecule has 0 fully saturated rings. The molecule has 24 heavy (non-hydrogen) atoms. The molecule has 2 rings (SSSR count). The van der Waals surface area contributed by atoms with E-state index in [4.69, 9.17) is 5.11 Å². The molecule has 0 amide bonds. The molecule has 0 unspecified atom stereocenters. The summed E-state index contributed by atoms with van der Waals surface area (Å²) in [6.07, 6.45) is -0.251. The van der Waals surface area contributed by atoms with Gasteiger partial charge in [0.15, 0.2) is 5.69 Å². The third-order valence-electron chi connectivity index (χ3n) is 3.22. The van der Waals surface area contributed by atoms with Gasteiger partial charge in [0.25, 0.3) is 0 Å². The van der Waals surface area contributed by atoms with Crippen LogP contribution in [0.15, 0.2) is 29.1 Å². The zero-order valence-corrected chi connectivity index (χ0v) is 18.4. The van der Waals surface area contributed by atoms with E-state index in [-0.39, 0.29) is 56.9 Å². The molecule has 0 aliphatic heterocycles. The Hall–Kier alpha value is -0.594. The summed E-state index contributed by atoms with van der Waals surface area (Å²) in [7, 11) is 0. The zero-order valence-electron chi connectivity index (χ0n) is 13.1. The Bertz CT molecular complexity index is 833. The largest absolute Gasteiger partial charge is 1.00 e. The van der Waals surface area contributed by atoms with Gasteiger partial charge in [-0.15, -0.1) is 0 Å². The van der Waals surface area contributed by atoms with E-state index in [0.29, 0.717) is 17.8 Å². The van der Waals surface area contributed by atoms with E-state index in [1.54, 1.807) is 31.2 Å². The van der Waals surface area contributed by atoms with Gasteiger partial charge in [0.05, 0.1) is 23.8 Å². The number of aliphatic carboxylic acids is 1. The predicted molar refractivity (Wildman–Crippen MR) is 87.6 cm³/mol. The minimum atomic E-state index is -1.73. The number of carboxylic acids is 2. The fraction of sp³-hybridized carbons (Fsp3) is 0.200. The second kappa shape index (κ2) is 9.20. The number of rotatable bonds is 5. The molecule has 2 aromatic rings. The summed E-state index contributed by atoms with van der Waals surface area (Å²) >= 11 is 2.12. The van der Waals surface area contributed by atoms with E-state index in [9.17, 15) is 19.5 Å². The first-order valence-electron chi connectivity index (χ1n) is 6.69. The molecule has 1 aromatic carbocycles. The van der Waals surface area contributed by atoms with Crippen LogP contribution in [0, 0.1) is 3.57 Å². The van der Waals surface area contributed by atoms with Crippen molar-refractivity contribution in [2.75, 3.05) is 0 Å². The number of carboxylic acid groups (broad SMARTS) is 2. The van der Waals surface area contributed by atoms with Crippen LogP contribution in [0.3, 0.4) is 0 Å². The van der Waals surface area contributed by atoms with Crippen LogP contribution in [0.1, 0.15) is 28.7 Å². The average molecular weight is 466 g/mol. The van der Waals surface area contributed by atoms with Gasteiger partial charge in [0, 0.05) is 9.13 Å². The molecular weight excluding hydrogens is 454 g/mol. The van der Waals surface area contributed by atoms with Gasteiger partial charge in [0.2, 0.25) is 5.43 Å². The number of halogens is 1. The zero-order chi connectivity index (χ0) is 17.1. The Labute approximate surface area is 193 Å². The molecule has 120 valence electrons. The van der Waals surface area contributed by atoms with Crippen molar-refractivity contribution in [1.82, 2.24) is 9.78 Å². The minimum absolute atomic E-state index is 0. The molecule has 0 atom stereocenters. The molecule has 0 bridgehead atoms. The predicted octanol–water partition coefficient (Wildman–Crippen LogP) is -2.61. The van der Waals surface area contributed by atoms with E-state index >= 15 is 0 Å². The van der Waals surface area contributed by atoms with E-state index in [1.165, 1.54) is 4.68 Å². The Morgan fingerprint density at radius 2 is 1.88 bits per heavy atom. The van der Waals surface area contributed by atoms with Crippen molar-refractivity contribution in [2.24, 2.45) is 0 Å². The van der Waals surface area contributed by atoms with Crippen molar-refractivity contribution in [2.45, 2.75) is 19.8 Å². The molecule has 0 radical (unpaired) electrons. The van der Waals surface area contributed by atoms with Gasteiger partial charge in [-0.3, -0.25) is 9.59 Å². The van der Waals surface area contributed by atoms with Crippen LogP contribution in [0.4, 0.5) is 0 Å². The van der Waals surface area contributed by atoms with E-state index in [1.807, 2.05) is 0 Å². The minimum Gasteiger partial charge on any atom is -0.543 e. The van der Waals surface area contributed by atoms with Gasteiger partial charge >= 0.3 is 57.4 Å². The molecule has 0 spiro atoms. The summed E-state index contributed by atoms with van der Waals surface area (Å²) in [6.45, 7) is 1.74. The van der Waals surface area contributed by atoms with Gasteiger partial charge in [-0.1, -0.05) is 6.92 Å². The standard InChI is InChI=1S/C15H13IN2O5.K/c1-2-11-10(7-12(19)20)14(21)13(15(22)23)17-18(11)9-5-3-8(16)4-6-9;/h3-6H,2,7H2,1H3,(H,19,20)(H,22,23);/q;+1/p-1. The van der Waals surface area contributed by atoms with Gasteiger partial charge in [-0.25, -0.2) is 4.68 Å². The van der Waals surface area contributed by atoms with Crippen molar-refractivity contribution in [3.05, 3.63) is 55.0 Å². The molecule has 9 heteroatoms. The number of nitrogens with zero attached hydrogens (tertiary/aromatic N) is 2. The summed E-state index contributed by atoms with van der Waals surface area (Å²) in [5.41, 5.74) is -0.893. The second-order valence-corrected chi connectivity index (χ2v) is 5.95. The third-order valence-corrected chi connectivity index (χ3v) is 3.94. The van der Waals surface area contributed by atoms with Gasteiger partial charge in [-0.2, -0.15) is 5.10 Å². The van der Waals surface area contributed by atoms with Crippen molar-refractivity contribution < 1.29 is 71.2 Å². The molecular formula is C15H12IKN2O5. The SMILES string of the molecule is CCc1c(CC(=O)O)c(=O)c(C(=O)[O-])nn1-c1ccc(I)cc1.[K+]. The first-order chi connectivity index (χ1) is 10.8. The van der Waals surface area contributed by atoms with Crippen molar-refractivity contribution in [3.63, 3.8) is 0 Å².